The molecule has 3 aromatic rings. The maximum absolute atomic E-state index is 13.2. The van der Waals surface area contributed by atoms with Crippen molar-refractivity contribution in [1.29, 1.82) is 0 Å². The molecule has 0 radical (unpaired) electrons. The molecule has 0 amide bonds. The molecule has 2 aromatic heterocycles. The second-order valence-corrected chi connectivity index (χ2v) is 8.10. The number of rotatable bonds is 3. The van der Waals surface area contributed by atoms with E-state index in [1.807, 2.05) is 0 Å². The Bertz CT molecular complexity index is 989. The van der Waals surface area contributed by atoms with E-state index in [-0.39, 0.29) is 11.4 Å². The van der Waals surface area contributed by atoms with Crippen LogP contribution < -0.4 is 0 Å². The van der Waals surface area contributed by atoms with Gasteiger partial charge < -0.3 is 0 Å². The molecule has 0 spiro atoms. The maximum atomic E-state index is 13.2. The van der Waals surface area contributed by atoms with Crippen LogP contribution in [0.2, 0.25) is 5.02 Å². The molecule has 3 heterocycles. The zero-order valence-corrected chi connectivity index (χ0v) is 14.6. The van der Waals surface area contributed by atoms with E-state index < -0.39 is 16.1 Å². The van der Waals surface area contributed by atoms with Crippen LogP contribution in [0.3, 0.4) is 0 Å². The van der Waals surface area contributed by atoms with E-state index in [0.29, 0.717) is 11.4 Å². The van der Waals surface area contributed by atoms with Gasteiger partial charge in [-0.2, -0.15) is 9.40 Å². The highest BCUT2D eigenvalue weighted by Crippen LogP contribution is 2.36. The third kappa shape index (κ3) is 2.92. The fourth-order valence-corrected chi connectivity index (χ4v) is 4.70. The summed E-state index contributed by atoms with van der Waals surface area (Å²) in [6.07, 6.45) is 6.85. The Morgan fingerprint density at radius 2 is 1.84 bits per heavy atom. The number of sulfonamides is 1. The SMILES string of the molecule is O=S(=O)(c1ccc(Cl)cc1)N1Cc2cn[nH]c2C[C@H]1c1cncnc1. The van der Waals surface area contributed by atoms with E-state index in [1.165, 1.54) is 22.8 Å². The summed E-state index contributed by atoms with van der Waals surface area (Å²) in [7, 11) is -3.72. The number of benzene rings is 1. The molecule has 1 N–H and O–H groups in total. The van der Waals surface area contributed by atoms with Crippen LogP contribution in [0.15, 0.2) is 54.1 Å². The van der Waals surface area contributed by atoms with E-state index in [1.54, 1.807) is 30.7 Å². The third-order valence-corrected chi connectivity index (χ3v) is 6.39. The first-order valence-electron chi connectivity index (χ1n) is 7.59. The van der Waals surface area contributed by atoms with Crippen LogP contribution in [0.5, 0.6) is 0 Å². The average Bonchev–Trinajstić information content (AvgIpc) is 3.09. The van der Waals surface area contributed by atoms with Crippen LogP contribution in [0.4, 0.5) is 0 Å². The van der Waals surface area contributed by atoms with Crippen molar-refractivity contribution in [1.82, 2.24) is 24.5 Å². The number of H-pyrrole nitrogens is 1. The molecule has 1 aliphatic rings. The lowest BCUT2D eigenvalue weighted by Crippen LogP contribution is -2.38. The summed E-state index contributed by atoms with van der Waals surface area (Å²) in [5.41, 5.74) is 2.53. The molecule has 0 fully saturated rings. The molecule has 1 aliphatic heterocycles. The lowest BCUT2D eigenvalue weighted by Gasteiger charge is -2.34. The van der Waals surface area contributed by atoms with Crippen molar-refractivity contribution in [2.75, 3.05) is 0 Å². The van der Waals surface area contributed by atoms with Crippen LogP contribution in [0.1, 0.15) is 22.9 Å². The highest BCUT2D eigenvalue weighted by atomic mass is 35.5. The zero-order chi connectivity index (χ0) is 17.4. The van der Waals surface area contributed by atoms with Gasteiger partial charge in [-0.3, -0.25) is 5.10 Å². The number of aromatic amines is 1. The summed E-state index contributed by atoms with van der Waals surface area (Å²) in [6, 6.07) is 5.77. The summed E-state index contributed by atoms with van der Waals surface area (Å²) in [5, 5.41) is 7.47. The van der Waals surface area contributed by atoms with Crippen LogP contribution in [-0.2, 0) is 23.0 Å². The Balaban J connectivity index is 1.80. The summed E-state index contributed by atoms with van der Waals surface area (Å²) >= 11 is 5.89. The second kappa shape index (κ2) is 6.21. The summed E-state index contributed by atoms with van der Waals surface area (Å²) in [4.78, 5) is 8.26. The molecule has 0 saturated heterocycles. The van der Waals surface area contributed by atoms with E-state index in [4.69, 9.17) is 11.6 Å². The van der Waals surface area contributed by atoms with Gasteiger partial charge in [0.15, 0.2) is 0 Å². The van der Waals surface area contributed by atoms with Gasteiger partial charge in [0.05, 0.1) is 17.1 Å². The van der Waals surface area contributed by atoms with Gasteiger partial charge in [0.2, 0.25) is 10.0 Å². The Morgan fingerprint density at radius 1 is 1.12 bits per heavy atom. The molecule has 1 atom stereocenters. The van der Waals surface area contributed by atoms with Crippen molar-refractivity contribution < 1.29 is 8.42 Å². The van der Waals surface area contributed by atoms with Crippen molar-refractivity contribution in [3.63, 3.8) is 0 Å². The molecule has 0 aliphatic carbocycles. The van der Waals surface area contributed by atoms with Gasteiger partial charge >= 0.3 is 0 Å². The Kier molecular flexibility index (Phi) is 4.03. The van der Waals surface area contributed by atoms with Gasteiger partial charge in [-0.1, -0.05) is 11.6 Å². The molecular weight excluding hydrogens is 362 g/mol. The molecule has 4 rings (SSSR count). The number of fused-ring (bicyclic) bond motifs is 1. The normalized spacial score (nSPS) is 18.0. The van der Waals surface area contributed by atoms with Crippen molar-refractivity contribution in [3.05, 3.63) is 71.0 Å². The van der Waals surface area contributed by atoms with Gasteiger partial charge in [-0.25, -0.2) is 18.4 Å². The van der Waals surface area contributed by atoms with E-state index in [9.17, 15) is 8.42 Å². The molecule has 0 bridgehead atoms. The highest BCUT2D eigenvalue weighted by Gasteiger charge is 2.37. The number of halogens is 1. The molecule has 128 valence electrons. The number of nitrogens with one attached hydrogen (secondary N) is 1. The van der Waals surface area contributed by atoms with E-state index in [0.717, 1.165) is 16.8 Å². The standard InChI is InChI=1S/C16H14ClN5O2S/c17-13-1-3-14(4-2-13)25(23,24)22-9-12-8-20-21-15(12)5-16(22)11-6-18-10-19-7-11/h1-4,6-8,10,16H,5,9H2,(H,20,21)/t16-/m0/s1. The van der Waals surface area contributed by atoms with Crippen LogP contribution >= 0.6 is 11.6 Å². The lowest BCUT2D eigenvalue weighted by atomic mass is 9.99. The summed E-state index contributed by atoms with van der Waals surface area (Å²) in [6.45, 7) is 0.232. The average molecular weight is 376 g/mol. The Morgan fingerprint density at radius 3 is 2.56 bits per heavy atom. The number of aromatic nitrogens is 4. The molecular formula is C16H14ClN5O2S. The van der Waals surface area contributed by atoms with Crippen LogP contribution in [-0.4, -0.2) is 32.9 Å². The molecule has 7 nitrogen and oxygen atoms in total. The first kappa shape index (κ1) is 16.2. The molecule has 9 heteroatoms. The molecule has 25 heavy (non-hydrogen) atoms. The maximum Gasteiger partial charge on any atom is 0.243 e. The second-order valence-electron chi connectivity index (χ2n) is 5.77. The first-order valence-corrected chi connectivity index (χ1v) is 9.41. The minimum atomic E-state index is -3.72. The fourth-order valence-electron chi connectivity index (χ4n) is 2.99. The topological polar surface area (TPSA) is 91.8 Å². The van der Waals surface area contributed by atoms with E-state index in [2.05, 4.69) is 20.2 Å². The monoisotopic (exact) mass is 375 g/mol. The number of hydrogen-bond donors (Lipinski definition) is 1. The van der Waals surface area contributed by atoms with Crippen LogP contribution in [0, 0.1) is 0 Å². The quantitative estimate of drug-likeness (QED) is 0.758. The minimum Gasteiger partial charge on any atom is -0.282 e. The number of nitrogens with zero attached hydrogens (tertiary/aromatic N) is 4. The van der Waals surface area contributed by atoms with Crippen LogP contribution in [0.25, 0.3) is 0 Å². The minimum absolute atomic E-state index is 0.200. The zero-order valence-electron chi connectivity index (χ0n) is 13.0. The predicted molar refractivity (Wildman–Crippen MR) is 91.2 cm³/mol. The van der Waals surface area contributed by atoms with Gasteiger partial charge in [-0.15, -0.1) is 0 Å². The summed E-state index contributed by atoms with van der Waals surface area (Å²) < 4.78 is 27.9. The Hall–Kier alpha value is -2.29. The smallest absolute Gasteiger partial charge is 0.243 e. The van der Waals surface area contributed by atoms with Crippen molar-refractivity contribution in [3.8, 4) is 0 Å². The van der Waals surface area contributed by atoms with Crippen molar-refractivity contribution >= 4 is 21.6 Å². The molecule has 0 saturated carbocycles. The molecule has 0 unspecified atom stereocenters. The first-order chi connectivity index (χ1) is 12.1. The highest BCUT2D eigenvalue weighted by molar-refractivity contribution is 7.89. The van der Waals surface area contributed by atoms with Gasteiger partial charge in [0.1, 0.15) is 6.33 Å². The fraction of sp³-hybridized carbons (Fsp3) is 0.188. The predicted octanol–water partition coefficient (Wildman–Crippen LogP) is 2.34. The van der Waals surface area contributed by atoms with Gasteiger partial charge in [0, 0.05) is 47.2 Å². The van der Waals surface area contributed by atoms with Crippen molar-refractivity contribution in [2.24, 2.45) is 0 Å². The van der Waals surface area contributed by atoms with E-state index >= 15 is 0 Å². The molecule has 1 aromatic carbocycles. The van der Waals surface area contributed by atoms with Crippen molar-refractivity contribution in [2.45, 2.75) is 23.9 Å². The summed E-state index contributed by atoms with van der Waals surface area (Å²) in [5.74, 6) is 0. The Labute approximate surface area is 149 Å². The largest absolute Gasteiger partial charge is 0.282 e. The third-order valence-electron chi connectivity index (χ3n) is 4.26. The van der Waals surface area contributed by atoms with Gasteiger partial charge in [-0.05, 0) is 24.3 Å². The van der Waals surface area contributed by atoms with Gasteiger partial charge in [0.25, 0.3) is 0 Å². The lowest BCUT2D eigenvalue weighted by molar-refractivity contribution is 0.293. The number of hydrogen-bond acceptors (Lipinski definition) is 5.